The molecule has 0 unspecified atom stereocenters. The molecule has 27 heavy (non-hydrogen) atoms. The molecule has 0 aliphatic heterocycles. The van der Waals surface area contributed by atoms with E-state index in [1.54, 1.807) is 27.5 Å². The lowest BCUT2D eigenvalue weighted by Crippen LogP contribution is -2.49. The number of aliphatic hydroxyl groups is 1. The second kappa shape index (κ2) is 6.01. The number of hydrogen-bond acceptors (Lipinski definition) is 4. The number of fused-ring (bicyclic) bond motifs is 2. The number of ketones is 1. The summed E-state index contributed by atoms with van der Waals surface area (Å²) < 4.78 is 5.92. The molecule has 0 amide bonds. The normalized spacial score (nSPS) is 13.6. The van der Waals surface area contributed by atoms with Crippen molar-refractivity contribution in [2.24, 2.45) is 0 Å². The van der Waals surface area contributed by atoms with Gasteiger partial charge in [0.1, 0.15) is 0 Å². The van der Waals surface area contributed by atoms with Crippen molar-refractivity contribution in [3.8, 4) is 11.3 Å². The minimum Gasteiger partial charge on any atom is -0.427 e. The summed E-state index contributed by atoms with van der Waals surface area (Å²) in [5.74, 6) is 0.0142. The average Bonchev–Trinajstić information content (AvgIpc) is 2.63. The Labute approximate surface area is 159 Å². The first-order chi connectivity index (χ1) is 12.7. The first-order valence-corrected chi connectivity index (χ1v) is 9.00. The van der Waals surface area contributed by atoms with E-state index in [-0.39, 0.29) is 5.78 Å². The van der Waals surface area contributed by atoms with Crippen molar-refractivity contribution in [1.29, 1.82) is 0 Å². The van der Waals surface area contributed by atoms with E-state index in [4.69, 9.17) is 4.65 Å². The van der Waals surface area contributed by atoms with Gasteiger partial charge in [-0.05, 0) is 38.5 Å². The van der Waals surface area contributed by atoms with E-state index in [0.29, 0.717) is 11.1 Å². The predicted molar refractivity (Wildman–Crippen MR) is 107 cm³/mol. The molecule has 1 heterocycles. The number of pyridine rings is 1. The Morgan fingerprint density at radius 1 is 0.963 bits per heavy atom. The summed E-state index contributed by atoms with van der Waals surface area (Å²) in [6, 6.07) is 13.3. The number of benzene rings is 2. The number of rotatable bonds is 4. The highest BCUT2D eigenvalue weighted by atomic mass is 16.5. The Morgan fingerprint density at radius 2 is 1.63 bits per heavy atom. The van der Waals surface area contributed by atoms with E-state index in [9.17, 15) is 9.90 Å². The van der Waals surface area contributed by atoms with Crippen molar-refractivity contribution in [2.45, 2.75) is 38.9 Å². The summed E-state index contributed by atoms with van der Waals surface area (Å²) in [5, 5.41) is 12.1. The smallest absolute Gasteiger partial charge is 0.333 e. The van der Waals surface area contributed by atoms with Gasteiger partial charge in [-0.25, -0.2) is 0 Å². The fourth-order valence-electron chi connectivity index (χ4n) is 3.19. The minimum absolute atomic E-state index is 0.0142. The van der Waals surface area contributed by atoms with Crippen molar-refractivity contribution >= 4 is 29.5 Å². The third kappa shape index (κ3) is 2.78. The van der Waals surface area contributed by atoms with Gasteiger partial charge in [-0.1, -0.05) is 42.5 Å². The van der Waals surface area contributed by atoms with E-state index in [1.807, 2.05) is 56.3 Å². The van der Waals surface area contributed by atoms with Crippen molar-refractivity contribution < 1.29 is 14.6 Å². The molecule has 3 aromatic rings. The molecule has 1 aliphatic rings. The van der Waals surface area contributed by atoms with Crippen LogP contribution in [0, 0.1) is 0 Å². The lowest BCUT2D eigenvalue weighted by atomic mass is 9.78. The fourth-order valence-corrected chi connectivity index (χ4v) is 3.19. The number of nitrogens with zero attached hydrogens (tertiary/aromatic N) is 1. The maximum absolute atomic E-state index is 13.0. The fraction of sp³-hybridized carbons (Fsp3) is 0.273. The lowest BCUT2D eigenvalue weighted by molar-refractivity contribution is -0.0893. The zero-order valence-electron chi connectivity index (χ0n) is 15.9. The molecule has 0 saturated heterocycles. The van der Waals surface area contributed by atoms with Gasteiger partial charge in [0.2, 0.25) is 0 Å². The molecule has 4 nitrogen and oxygen atoms in total. The molecule has 0 atom stereocenters. The van der Waals surface area contributed by atoms with E-state index >= 15 is 0 Å². The van der Waals surface area contributed by atoms with Crippen LogP contribution in [0.25, 0.3) is 22.0 Å². The van der Waals surface area contributed by atoms with Crippen LogP contribution in [0.1, 0.15) is 43.6 Å². The van der Waals surface area contributed by atoms with Gasteiger partial charge < -0.3 is 9.76 Å². The summed E-state index contributed by atoms with van der Waals surface area (Å²) in [5.41, 5.74) is 1.99. The summed E-state index contributed by atoms with van der Waals surface area (Å²) in [4.78, 5) is 17.6. The van der Waals surface area contributed by atoms with E-state index in [2.05, 4.69) is 4.98 Å². The molecule has 5 heteroatoms. The molecule has 2 aromatic carbocycles. The SMILES string of the molecule is CC(C)(O)C(C)(C)O[B]c1cnc2c3c(cccc13)C(=O)c1ccccc1-2. The molecule has 0 spiro atoms. The van der Waals surface area contributed by atoms with Crippen LogP contribution in [0.5, 0.6) is 0 Å². The van der Waals surface area contributed by atoms with Crippen LogP contribution < -0.4 is 5.46 Å². The number of aromatic nitrogens is 1. The topological polar surface area (TPSA) is 59.4 Å². The minimum atomic E-state index is -1.02. The molecule has 4 rings (SSSR count). The van der Waals surface area contributed by atoms with Gasteiger partial charge in [0.25, 0.3) is 0 Å². The van der Waals surface area contributed by atoms with Crippen LogP contribution in [-0.2, 0) is 4.65 Å². The average molecular weight is 358 g/mol. The Bertz CT molecular complexity index is 1070. The van der Waals surface area contributed by atoms with Crippen molar-refractivity contribution in [2.75, 3.05) is 0 Å². The predicted octanol–water partition coefficient (Wildman–Crippen LogP) is 3.26. The molecular weight excluding hydrogens is 337 g/mol. The Kier molecular flexibility index (Phi) is 3.98. The Balaban J connectivity index is 1.84. The van der Waals surface area contributed by atoms with Crippen LogP contribution in [0.15, 0.2) is 48.7 Å². The number of hydrogen-bond donors (Lipinski definition) is 1. The first kappa shape index (κ1) is 17.9. The van der Waals surface area contributed by atoms with Crippen LogP contribution in [0.3, 0.4) is 0 Å². The maximum atomic E-state index is 13.0. The summed E-state index contributed by atoms with van der Waals surface area (Å²) in [6.07, 6.45) is 1.76. The highest BCUT2D eigenvalue weighted by Gasteiger charge is 2.36. The van der Waals surface area contributed by atoms with E-state index in [1.165, 1.54) is 0 Å². The van der Waals surface area contributed by atoms with Gasteiger partial charge in [-0.3, -0.25) is 9.78 Å². The zero-order chi connectivity index (χ0) is 19.4. The quantitative estimate of drug-likeness (QED) is 0.569. The Hall–Kier alpha value is -2.50. The van der Waals surface area contributed by atoms with Crippen LogP contribution >= 0.6 is 0 Å². The van der Waals surface area contributed by atoms with Gasteiger partial charge in [0.05, 0.1) is 16.9 Å². The van der Waals surface area contributed by atoms with Gasteiger partial charge in [-0.15, -0.1) is 0 Å². The molecule has 0 fully saturated rings. The highest BCUT2D eigenvalue weighted by molar-refractivity contribution is 6.52. The summed E-state index contributed by atoms with van der Waals surface area (Å²) >= 11 is 0. The maximum Gasteiger partial charge on any atom is 0.333 e. The molecule has 135 valence electrons. The monoisotopic (exact) mass is 358 g/mol. The molecular formula is C22H21BNO3. The van der Waals surface area contributed by atoms with Gasteiger partial charge >= 0.3 is 7.48 Å². The van der Waals surface area contributed by atoms with Gasteiger partial charge in [-0.2, -0.15) is 0 Å². The summed E-state index contributed by atoms with van der Waals surface area (Å²) in [7, 11) is 1.62. The Morgan fingerprint density at radius 3 is 2.33 bits per heavy atom. The van der Waals surface area contributed by atoms with Gasteiger partial charge in [0.15, 0.2) is 5.78 Å². The highest BCUT2D eigenvalue weighted by Crippen LogP contribution is 2.37. The zero-order valence-corrected chi connectivity index (χ0v) is 15.9. The summed E-state index contributed by atoms with van der Waals surface area (Å²) in [6.45, 7) is 7.10. The standard InChI is InChI=1S/C22H21BNO3/c1-21(2,26)22(3,4)27-23-17-12-24-19-13-8-5-6-9-14(13)20(25)16-11-7-10-15(17)18(16)19/h5-12,26H,1-4H3. The van der Waals surface area contributed by atoms with Crippen LogP contribution in [0.4, 0.5) is 0 Å². The lowest BCUT2D eigenvalue weighted by Gasteiger charge is -2.37. The van der Waals surface area contributed by atoms with Crippen LogP contribution in [0.2, 0.25) is 0 Å². The van der Waals surface area contributed by atoms with E-state index < -0.39 is 11.2 Å². The molecule has 0 bridgehead atoms. The number of carbonyl (C=O) groups excluding carboxylic acids is 1. The third-order valence-electron chi connectivity index (χ3n) is 5.57. The molecule has 1 radical (unpaired) electrons. The second-order valence-electron chi connectivity index (χ2n) is 7.97. The largest absolute Gasteiger partial charge is 0.427 e. The van der Waals surface area contributed by atoms with Gasteiger partial charge in [0, 0.05) is 28.3 Å². The third-order valence-corrected chi connectivity index (χ3v) is 5.57. The van der Waals surface area contributed by atoms with Crippen molar-refractivity contribution in [1.82, 2.24) is 4.98 Å². The second-order valence-corrected chi connectivity index (χ2v) is 7.97. The van der Waals surface area contributed by atoms with Crippen LogP contribution in [-0.4, -0.2) is 34.6 Å². The molecule has 0 saturated carbocycles. The van der Waals surface area contributed by atoms with Crippen molar-refractivity contribution in [3.63, 3.8) is 0 Å². The van der Waals surface area contributed by atoms with Crippen molar-refractivity contribution in [3.05, 3.63) is 59.8 Å². The number of carbonyl (C=O) groups is 1. The molecule has 1 aromatic heterocycles. The first-order valence-electron chi connectivity index (χ1n) is 9.00. The molecule has 1 N–H and O–H groups in total. The van der Waals surface area contributed by atoms with E-state index in [0.717, 1.165) is 27.5 Å². The molecule has 1 aliphatic carbocycles.